The van der Waals surface area contributed by atoms with Gasteiger partial charge in [0.1, 0.15) is 0 Å². The van der Waals surface area contributed by atoms with Crippen LogP contribution < -0.4 is 10.1 Å². The number of nitrogens with one attached hydrogen (secondary N) is 1. The number of sulfonamides is 1. The number of phenolic OH excluding ortho intramolecular Hbond substituents is 1. The fraction of sp³-hybridized carbons (Fsp3) is 0.278. The van der Waals surface area contributed by atoms with Crippen LogP contribution in [0.15, 0.2) is 114 Å². The summed E-state index contributed by atoms with van der Waals surface area (Å²) in [4.78, 5) is 2.71. The molecule has 0 spiro atoms. The molecule has 0 saturated carbocycles. The lowest BCUT2D eigenvalue weighted by Gasteiger charge is -2.40. The molecule has 2 heterocycles. The van der Waals surface area contributed by atoms with E-state index in [2.05, 4.69) is 70.9 Å². The van der Waals surface area contributed by atoms with Crippen LogP contribution in [0, 0.1) is 5.92 Å². The first kappa shape index (κ1) is 28.6. The number of anilines is 1. The summed E-state index contributed by atoms with van der Waals surface area (Å²) in [5.74, 6) is 0.779. The van der Waals surface area contributed by atoms with Gasteiger partial charge in [0.2, 0.25) is 10.0 Å². The number of benzene rings is 4. The average Bonchev–Trinajstić information content (AvgIpc) is 3.57. The molecule has 3 atom stereocenters. The summed E-state index contributed by atoms with van der Waals surface area (Å²) in [6, 6.07) is 31.8. The zero-order valence-electron chi connectivity index (χ0n) is 24.7. The third kappa shape index (κ3) is 5.07. The molecule has 2 aliphatic heterocycles. The standard InChI is InChI=1S/C36H37N3O4S/c1-43-33-17-9-16-30(36(33)40)34-29-15-8-14-28(29)31-24-27(18-19-32(31)37-34)44(41,42)39-22-20-38(21-23-39)35(25-10-4-2-5-11-25)26-12-6-3-7-13-26/h2-14,16-19,24,28-29,34-35,37,40H,15,20-23H2,1H3. The molecule has 0 amide bonds. The van der Waals surface area contributed by atoms with Crippen LogP contribution in [0.4, 0.5) is 5.69 Å². The molecule has 7 nitrogen and oxygen atoms in total. The van der Waals surface area contributed by atoms with Crippen molar-refractivity contribution in [3.8, 4) is 11.5 Å². The number of para-hydroxylation sites is 1. The van der Waals surface area contributed by atoms with Crippen LogP contribution in [-0.4, -0.2) is 56.0 Å². The van der Waals surface area contributed by atoms with Gasteiger partial charge in [0, 0.05) is 43.3 Å². The van der Waals surface area contributed by atoms with Crippen molar-refractivity contribution in [1.82, 2.24) is 9.21 Å². The minimum atomic E-state index is -3.69. The Balaban J connectivity index is 1.13. The summed E-state index contributed by atoms with van der Waals surface area (Å²) >= 11 is 0. The second-order valence-corrected chi connectivity index (χ2v) is 13.7. The summed E-state index contributed by atoms with van der Waals surface area (Å²) in [6.45, 7) is 2.13. The second kappa shape index (κ2) is 11.8. The minimum Gasteiger partial charge on any atom is -0.504 e. The van der Waals surface area contributed by atoms with Gasteiger partial charge in [-0.15, -0.1) is 0 Å². The zero-order valence-corrected chi connectivity index (χ0v) is 25.5. The summed E-state index contributed by atoms with van der Waals surface area (Å²) < 4.78 is 35.0. The van der Waals surface area contributed by atoms with Gasteiger partial charge in [-0.3, -0.25) is 4.90 Å². The molecule has 3 unspecified atom stereocenters. The highest BCUT2D eigenvalue weighted by Gasteiger charge is 2.40. The highest BCUT2D eigenvalue weighted by Crippen LogP contribution is 2.52. The van der Waals surface area contributed by atoms with E-state index in [0.717, 1.165) is 23.2 Å². The Morgan fingerprint density at radius 1 is 0.841 bits per heavy atom. The van der Waals surface area contributed by atoms with Crippen molar-refractivity contribution in [3.05, 3.63) is 131 Å². The predicted molar refractivity (Wildman–Crippen MR) is 173 cm³/mol. The van der Waals surface area contributed by atoms with Crippen molar-refractivity contribution in [2.75, 3.05) is 38.6 Å². The number of hydrogen-bond acceptors (Lipinski definition) is 6. The number of fused-ring (bicyclic) bond motifs is 3. The Morgan fingerprint density at radius 2 is 1.52 bits per heavy atom. The number of rotatable bonds is 7. The molecule has 3 aliphatic rings. The van der Waals surface area contributed by atoms with Crippen LogP contribution in [0.3, 0.4) is 0 Å². The molecular formula is C36H37N3O4S. The molecule has 0 aromatic heterocycles. The van der Waals surface area contributed by atoms with Crippen LogP contribution in [0.5, 0.6) is 11.5 Å². The van der Waals surface area contributed by atoms with Crippen LogP contribution in [-0.2, 0) is 10.0 Å². The first-order chi connectivity index (χ1) is 21.5. The Kier molecular flexibility index (Phi) is 7.66. The molecule has 2 N–H and O–H groups in total. The monoisotopic (exact) mass is 607 g/mol. The van der Waals surface area contributed by atoms with E-state index in [0.29, 0.717) is 36.8 Å². The molecule has 226 valence electrons. The Hall–Kier alpha value is -4.11. The van der Waals surface area contributed by atoms with Crippen molar-refractivity contribution < 1.29 is 18.3 Å². The maximum absolute atomic E-state index is 14.0. The Bertz CT molecular complexity index is 1730. The summed E-state index contributed by atoms with van der Waals surface area (Å²) in [5.41, 5.74) is 5.07. The first-order valence-electron chi connectivity index (χ1n) is 15.2. The molecule has 8 heteroatoms. The molecule has 1 fully saturated rings. The van der Waals surface area contributed by atoms with E-state index in [1.807, 2.05) is 36.4 Å². The average molecular weight is 608 g/mol. The van der Waals surface area contributed by atoms with E-state index >= 15 is 0 Å². The van der Waals surface area contributed by atoms with Gasteiger partial charge >= 0.3 is 0 Å². The van der Waals surface area contributed by atoms with Crippen molar-refractivity contribution in [1.29, 1.82) is 0 Å². The van der Waals surface area contributed by atoms with Crippen LogP contribution >= 0.6 is 0 Å². The number of methoxy groups -OCH3 is 1. The van der Waals surface area contributed by atoms with Crippen molar-refractivity contribution in [2.45, 2.75) is 29.3 Å². The number of aromatic hydroxyl groups is 1. The molecule has 1 aliphatic carbocycles. The van der Waals surface area contributed by atoms with Gasteiger partial charge in [0.15, 0.2) is 11.5 Å². The maximum atomic E-state index is 14.0. The Morgan fingerprint density at radius 3 is 2.18 bits per heavy atom. The summed E-state index contributed by atoms with van der Waals surface area (Å²) in [5, 5.41) is 14.5. The molecule has 44 heavy (non-hydrogen) atoms. The smallest absolute Gasteiger partial charge is 0.243 e. The fourth-order valence-electron chi connectivity index (χ4n) is 7.23. The van der Waals surface area contributed by atoms with Gasteiger partial charge in [0.25, 0.3) is 0 Å². The largest absolute Gasteiger partial charge is 0.504 e. The Labute approximate surface area is 259 Å². The molecule has 4 aromatic rings. The molecule has 0 bridgehead atoms. The lowest BCUT2D eigenvalue weighted by molar-refractivity contribution is 0.156. The summed E-state index contributed by atoms with van der Waals surface area (Å²) in [7, 11) is -2.14. The van der Waals surface area contributed by atoms with E-state index < -0.39 is 10.0 Å². The van der Waals surface area contributed by atoms with Gasteiger partial charge in [-0.05, 0) is 53.3 Å². The fourth-order valence-corrected chi connectivity index (χ4v) is 8.69. The topological polar surface area (TPSA) is 82.1 Å². The number of ether oxygens (including phenoxy) is 1. The molecule has 7 rings (SSSR count). The van der Waals surface area contributed by atoms with Crippen molar-refractivity contribution in [2.24, 2.45) is 5.92 Å². The van der Waals surface area contributed by atoms with E-state index in [9.17, 15) is 13.5 Å². The zero-order chi connectivity index (χ0) is 30.3. The van der Waals surface area contributed by atoms with E-state index in [-0.39, 0.29) is 29.7 Å². The highest BCUT2D eigenvalue weighted by atomic mass is 32.2. The van der Waals surface area contributed by atoms with Crippen LogP contribution in [0.25, 0.3) is 0 Å². The maximum Gasteiger partial charge on any atom is 0.243 e. The van der Waals surface area contributed by atoms with Crippen molar-refractivity contribution in [3.63, 3.8) is 0 Å². The van der Waals surface area contributed by atoms with Gasteiger partial charge in [-0.1, -0.05) is 84.9 Å². The van der Waals surface area contributed by atoms with E-state index in [4.69, 9.17) is 4.74 Å². The SMILES string of the molecule is COc1cccc(C2Nc3ccc(S(=O)(=O)N4CCN(C(c5ccccc5)c5ccccc5)CC4)cc3C3C=CCC32)c1O. The number of hydrogen-bond donors (Lipinski definition) is 2. The lowest BCUT2D eigenvalue weighted by Crippen LogP contribution is -2.49. The van der Waals surface area contributed by atoms with Gasteiger partial charge in [-0.2, -0.15) is 4.31 Å². The number of nitrogens with zero attached hydrogens (tertiary/aromatic N) is 2. The number of piperazine rings is 1. The molecular weight excluding hydrogens is 570 g/mol. The van der Waals surface area contributed by atoms with Gasteiger partial charge < -0.3 is 15.2 Å². The predicted octanol–water partition coefficient (Wildman–Crippen LogP) is 6.32. The third-order valence-corrected chi connectivity index (χ3v) is 11.3. The molecule has 1 saturated heterocycles. The third-order valence-electron chi connectivity index (χ3n) is 9.43. The van der Waals surface area contributed by atoms with Gasteiger partial charge in [0.05, 0.1) is 24.1 Å². The second-order valence-electron chi connectivity index (χ2n) is 11.8. The number of phenols is 1. The van der Waals surface area contributed by atoms with Gasteiger partial charge in [-0.25, -0.2) is 8.42 Å². The van der Waals surface area contributed by atoms with E-state index in [1.54, 1.807) is 23.5 Å². The lowest BCUT2D eigenvalue weighted by atomic mass is 9.77. The first-order valence-corrected chi connectivity index (χ1v) is 16.7. The van der Waals surface area contributed by atoms with Crippen molar-refractivity contribution >= 4 is 15.7 Å². The molecule has 0 radical (unpaired) electrons. The minimum absolute atomic E-state index is 0.0475. The van der Waals surface area contributed by atoms with Crippen LogP contribution in [0.1, 0.15) is 46.7 Å². The summed E-state index contributed by atoms with van der Waals surface area (Å²) in [6.07, 6.45) is 5.17. The molecule has 4 aromatic carbocycles. The van der Waals surface area contributed by atoms with E-state index in [1.165, 1.54) is 11.1 Å². The normalized spacial score (nSPS) is 21.9. The quantitative estimate of drug-likeness (QED) is 0.239. The van der Waals surface area contributed by atoms with Crippen LogP contribution in [0.2, 0.25) is 0 Å². The number of allylic oxidation sites excluding steroid dienone is 2. The highest BCUT2D eigenvalue weighted by molar-refractivity contribution is 7.89.